The first-order valence-electron chi connectivity index (χ1n) is 9.36. The molecule has 0 amide bonds. The number of piperazine rings is 1. The lowest BCUT2D eigenvalue weighted by atomic mass is 10.3. The molecular formula is C17H33N7S. The molecule has 1 N–H and O–H groups in total. The van der Waals surface area contributed by atoms with Crippen molar-refractivity contribution in [2.75, 3.05) is 57.8 Å². The first kappa shape index (κ1) is 19.9. The number of hydrogen-bond acceptors (Lipinski definition) is 6. The fourth-order valence-electron chi connectivity index (χ4n) is 2.62. The minimum absolute atomic E-state index is 0.557. The Bertz CT molecular complexity index is 535. The number of aromatic nitrogens is 2. The van der Waals surface area contributed by atoms with Crippen LogP contribution in [0.2, 0.25) is 0 Å². The van der Waals surface area contributed by atoms with Crippen molar-refractivity contribution in [1.82, 2.24) is 24.5 Å². The molecule has 1 aliphatic rings. The second-order valence-corrected chi connectivity index (χ2v) is 7.36. The Kier molecular flexibility index (Phi) is 7.90. The largest absolute Gasteiger partial charge is 0.357 e. The molecule has 1 aromatic heterocycles. The zero-order valence-electron chi connectivity index (χ0n) is 16.3. The van der Waals surface area contributed by atoms with Crippen LogP contribution in [0.4, 0.5) is 5.13 Å². The van der Waals surface area contributed by atoms with E-state index in [0.29, 0.717) is 6.04 Å². The smallest absolute Gasteiger partial charge is 0.205 e. The number of anilines is 1. The predicted molar refractivity (Wildman–Crippen MR) is 107 cm³/mol. The van der Waals surface area contributed by atoms with Crippen molar-refractivity contribution in [2.45, 2.75) is 40.2 Å². The molecule has 0 unspecified atom stereocenters. The van der Waals surface area contributed by atoms with E-state index in [-0.39, 0.29) is 0 Å². The van der Waals surface area contributed by atoms with Crippen LogP contribution < -0.4 is 10.2 Å². The van der Waals surface area contributed by atoms with Crippen LogP contribution in [0, 0.1) is 0 Å². The molecule has 1 aromatic rings. The number of hydrogen-bond donors (Lipinski definition) is 1. The Morgan fingerprint density at radius 3 is 2.56 bits per heavy atom. The van der Waals surface area contributed by atoms with Gasteiger partial charge in [0, 0.05) is 63.3 Å². The fraction of sp³-hybridized carbons (Fsp3) is 0.824. The van der Waals surface area contributed by atoms with Crippen molar-refractivity contribution in [1.29, 1.82) is 0 Å². The summed E-state index contributed by atoms with van der Waals surface area (Å²) in [4.78, 5) is 16.4. The number of aryl methyl sites for hydroxylation is 1. The predicted octanol–water partition coefficient (Wildman–Crippen LogP) is 1.53. The molecule has 0 radical (unpaired) electrons. The summed E-state index contributed by atoms with van der Waals surface area (Å²) in [5, 5.41) is 4.49. The molecule has 1 fully saturated rings. The van der Waals surface area contributed by atoms with Gasteiger partial charge in [-0.05, 0) is 27.8 Å². The minimum atomic E-state index is 0.557. The summed E-state index contributed by atoms with van der Waals surface area (Å²) in [5.74, 6) is 1.98. The Morgan fingerprint density at radius 1 is 1.28 bits per heavy atom. The van der Waals surface area contributed by atoms with E-state index in [1.54, 1.807) is 0 Å². The summed E-state index contributed by atoms with van der Waals surface area (Å²) < 4.78 is 4.40. The molecule has 0 bridgehead atoms. The lowest BCUT2D eigenvalue weighted by Crippen LogP contribution is -2.52. The molecule has 1 aliphatic heterocycles. The second-order valence-electron chi connectivity index (χ2n) is 6.63. The molecule has 142 valence electrons. The Labute approximate surface area is 156 Å². The maximum atomic E-state index is 4.82. The van der Waals surface area contributed by atoms with Crippen LogP contribution in [0.5, 0.6) is 0 Å². The summed E-state index contributed by atoms with van der Waals surface area (Å²) in [5.41, 5.74) is 0. The molecular weight excluding hydrogens is 334 g/mol. The van der Waals surface area contributed by atoms with Gasteiger partial charge in [-0.3, -0.25) is 4.99 Å². The van der Waals surface area contributed by atoms with Crippen LogP contribution in [-0.2, 0) is 6.42 Å². The average molecular weight is 368 g/mol. The molecule has 0 atom stereocenters. The molecule has 8 heteroatoms. The van der Waals surface area contributed by atoms with Crippen LogP contribution in [0.15, 0.2) is 4.99 Å². The van der Waals surface area contributed by atoms with Gasteiger partial charge in [0.15, 0.2) is 5.96 Å². The second kappa shape index (κ2) is 9.91. The summed E-state index contributed by atoms with van der Waals surface area (Å²) in [6, 6.07) is 0.557. The SMILES string of the molecule is CCNC(=NCCN(C)C(C)C)N1CCN(c2nc(CC)ns2)CC1. The van der Waals surface area contributed by atoms with Gasteiger partial charge in [-0.2, -0.15) is 4.37 Å². The minimum Gasteiger partial charge on any atom is -0.357 e. The Hall–Kier alpha value is -1.41. The van der Waals surface area contributed by atoms with E-state index < -0.39 is 0 Å². The van der Waals surface area contributed by atoms with E-state index in [1.165, 1.54) is 11.5 Å². The third-order valence-corrected chi connectivity index (χ3v) is 5.37. The highest BCUT2D eigenvalue weighted by Gasteiger charge is 2.22. The Balaban J connectivity index is 1.88. The summed E-state index contributed by atoms with van der Waals surface area (Å²) >= 11 is 1.52. The van der Waals surface area contributed by atoms with Crippen LogP contribution in [-0.4, -0.2) is 84.0 Å². The van der Waals surface area contributed by atoms with Crippen molar-refractivity contribution >= 4 is 22.6 Å². The molecule has 0 spiro atoms. The van der Waals surface area contributed by atoms with E-state index in [1.807, 2.05) is 0 Å². The van der Waals surface area contributed by atoms with Gasteiger partial charge < -0.3 is 20.0 Å². The van der Waals surface area contributed by atoms with Gasteiger partial charge in [0.05, 0.1) is 6.54 Å². The molecule has 2 heterocycles. The lowest BCUT2D eigenvalue weighted by Gasteiger charge is -2.36. The van der Waals surface area contributed by atoms with Crippen molar-refractivity contribution < 1.29 is 0 Å². The first-order chi connectivity index (χ1) is 12.0. The maximum Gasteiger partial charge on any atom is 0.205 e. The number of aliphatic imine (C=N–C) groups is 1. The normalized spacial score (nSPS) is 16.2. The zero-order valence-corrected chi connectivity index (χ0v) is 17.1. The van der Waals surface area contributed by atoms with Crippen LogP contribution in [0.1, 0.15) is 33.5 Å². The van der Waals surface area contributed by atoms with E-state index >= 15 is 0 Å². The van der Waals surface area contributed by atoms with Crippen LogP contribution in [0.3, 0.4) is 0 Å². The number of likely N-dealkylation sites (N-methyl/N-ethyl adjacent to an activating group) is 1. The fourth-order valence-corrected chi connectivity index (χ4v) is 3.43. The highest BCUT2D eigenvalue weighted by molar-refractivity contribution is 7.09. The van der Waals surface area contributed by atoms with E-state index in [4.69, 9.17) is 4.99 Å². The van der Waals surface area contributed by atoms with Gasteiger partial charge in [-0.1, -0.05) is 6.92 Å². The Morgan fingerprint density at radius 2 is 2.00 bits per heavy atom. The number of guanidine groups is 1. The van der Waals surface area contributed by atoms with E-state index in [2.05, 4.69) is 64.1 Å². The van der Waals surface area contributed by atoms with Crippen molar-refractivity contribution in [2.24, 2.45) is 4.99 Å². The van der Waals surface area contributed by atoms with Gasteiger partial charge in [0.25, 0.3) is 0 Å². The molecule has 7 nitrogen and oxygen atoms in total. The van der Waals surface area contributed by atoms with Gasteiger partial charge in [-0.25, -0.2) is 4.98 Å². The molecule has 0 aromatic carbocycles. The van der Waals surface area contributed by atoms with Crippen LogP contribution >= 0.6 is 11.5 Å². The molecule has 0 saturated carbocycles. The maximum absolute atomic E-state index is 4.82. The monoisotopic (exact) mass is 367 g/mol. The lowest BCUT2D eigenvalue weighted by molar-refractivity contribution is 0.281. The first-order valence-corrected chi connectivity index (χ1v) is 10.1. The summed E-state index contributed by atoms with van der Waals surface area (Å²) in [6.07, 6.45) is 0.901. The van der Waals surface area contributed by atoms with E-state index in [9.17, 15) is 0 Å². The van der Waals surface area contributed by atoms with Crippen LogP contribution in [0.25, 0.3) is 0 Å². The molecule has 2 rings (SSSR count). The van der Waals surface area contributed by atoms with Crippen molar-refractivity contribution in [3.63, 3.8) is 0 Å². The zero-order chi connectivity index (χ0) is 18.2. The third kappa shape index (κ3) is 5.81. The van der Waals surface area contributed by atoms with Crippen molar-refractivity contribution in [3.8, 4) is 0 Å². The quantitative estimate of drug-likeness (QED) is 0.583. The van der Waals surface area contributed by atoms with Gasteiger partial charge >= 0.3 is 0 Å². The number of rotatable bonds is 7. The third-order valence-electron chi connectivity index (χ3n) is 4.55. The van der Waals surface area contributed by atoms with Gasteiger partial charge in [0.2, 0.25) is 5.13 Å². The van der Waals surface area contributed by atoms with Crippen molar-refractivity contribution in [3.05, 3.63) is 5.82 Å². The topological polar surface area (TPSA) is 59.9 Å². The summed E-state index contributed by atoms with van der Waals surface area (Å²) in [6.45, 7) is 15.2. The molecule has 1 saturated heterocycles. The summed E-state index contributed by atoms with van der Waals surface area (Å²) in [7, 11) is 2.15. The number of nitrogens with one attached hydrogen (secondary N) is 1. The van der Waals surface area contributed by atoms with Gasteiger partial charge in [0.1, 0.15) is 5.82 Å². The highest BCUT2D eigenvalue weighted by Crippen LogP contribution is 2.19. The van der Waals surface area contributed by atoms with E-state index in [0.717, 1.165) is 69.1 Å². The number of nitrogens with zero attached hydrogens (tertiary/aromatic N) is 6. The molecule has 25 heavy (non-hydrogen) atoms. The average Bonchev–Trinajstić information content (AvgIpc) is 3.10. The van der Waals surface area contributed by atoms with Gasteiger partial charge in [-0.15, -0.1) is 0 Å². The standard InChI is InChI=1S/C17H33N7S/c1-6-15-20-17(25-21-15)24-12-10-23(11-13-24)16(18-7-2)19-8-9-22(5)14(3)4/h14H,6-13H2,1-5H3,(H,18,19). The highest BCUT2D eigenvalue weighted by atomic mass is 32.1. The molecule has 0 aliphatic carbocycles.